The van der Waals surface area contributed by atoms with E-state index in [1.807, 2.05) is 31.2 Å². The number of carbonyl (C=O) groups excluding carboxylic acids is 1. The van der Waals surface area contributed by atoms with Crippen LogP contribution in [-0.4, -0.2) is 28.9 Å². The first kappa shape index (κ1) is 13.5. The molecule has 0 fully saturated rings. The molecule has 0 aliphatic heterocycles. The Morgan fingerprint density at radius 3 is 2.84 bits per heavy atom. The Labute approximate surface area is 117 Å². The van der Waals surface area contributed by atoms with Crippen LogP contribution in [0.5, 0.6) is 0 Å². The summed E-state index contributed by atoms with van der Waals surface area (Å²) in [5.41, 5.74) is 6.79. The predicted molar refractivity (Wildman–Crippen MR) is 79.2 cm³/mol. The molecule has 1 aromatic carbocycles. The average molecular weight is 276 g/mol. The van der Waals surface area contributed by atoms with E-state index in [1.165, 1.54) is 6.26 Å². The van der Waals surface area contributed by atoms with Gasteiger partial charge < -0.3 is 15.1 Å². The lowest BCUT2D eigenvalue weighted by Gasteiger charge is -2.24. The summed E-state index contributed by atoms with van der Waals surface area (Å²) in [6.45, 7) is 1.92. The predicted octanol–water partition coefficient (Wildman–Crippen LogP) is 2.57. The van der Waals surface area contributed by atoms with Gasteiger partial charge in [0, 0.05) is 24.9 Å². The number of furan rings is 1. The van der Waals surface area contributed by atoms with Crippen molar-refractivity contribution in [3.8, 4) is 0 Å². The van der Waals surface area contributed by atoms with Crippen molar-refractivity contribution >= 4 is 34.1 Å². The number of carbonyl (C=O) groups is 1. The van der Waals surface area contributed by atoms with Crippen LogP contribution in [0, 0.1) is 0 Å². The molecule has 5 heteroatoms. The highest BCUT2D eigenvalue weighted by Gasteiger charge is 2.21. The molecule has 1 amide bonds. The lowest BCUT2D eigenvalue weighted by molar-refractivity contribution is 0.0749. The first-order chi connectivity index (χ1) is 9.00. The van der Waals surface area contributed by atoms with Gasteiger partial charge in [-0.3, -0.25) is 4.79 Å². The molecule has 0 bridgehead atoms. The first-order valence-corrected chi connectivity index (χ1v) is 6.43. The van der Waals surface area contributed by atoms with Crippen molar-refractivity contribution in [2.45, 2.75) is 19.4 Å². The Morgan fingerprint density at radius 2 is 2.16 bits per heavy atom. The zero-order chi connectivity index (χ0) is 14.0. The number of nitrogens with two attached hydrogens (primary N) is 1. The summed E-state index contributed by atoms with van der Waals surface area (Å²) >= 11 is 4.88. The van der Waals surface area contributed by atoms with Crippen LogP contribution >= 0.6 is 12.2 Å². The molecule has 1 heterocycles. The second-order valence-electron chi connectivity index (χ2n) is 4.58. The third kappa shape index (κ3) is 2.76. The minimum Gasteiger partial charge on any atom is -0.463 e. The largest absolute Gasteiger partial charge is 0.463 e. The third-order valence-corrected chi connectivity index (χ3v) is 3.36. The Hall–Kier alpha value is -1.88. The van der Waals surface area contributed by atoms with Crippen LogP contribution in [0.2, 0.25) is 0 Å². The van der Waals surface area contributed by atoms with Gasteiger partial charge in [0.15, 0.2) is 0 Å². The summed E-state index contributed by atoms with van der Waals surface area (Å²) in [7, 11) is 1.74. The topological polar surface area (TPSA) is 59.5 Å². The Morgan fingerprint density at radius 1 is 1.47 bits per heavy atom. The molecular formula is C14H16N2O2S. The smallest absolute Gasteiger partial charge is 0.257 e. The number of hydrogen-bond acceptors (Lipinski definition) is 3. The normalized spacial score (nSPS) is 12.3. The van der Waals surface area contributed by atoms with Crippen molar-refractivity contribution < 1.29 is 9.21 Å². The summed E-state index contributed by atoms with van der Waals surface area (Å²) < 4.78 is 5.38. The fourth-order valence-electron chi connectivity index (χ4n) is 1.96. The molecule has 19 heavy (non-hydrogen) atoms. The highest BCUT2D eigenvalue weighted by atomic mass is 32.1. The zero-order valence-electron chi connectivity index (χ0n) is 10.9. The van der Waals surface area contributed by atoms with Gasteiger partial charge in [0.25, 0.3) is 5.91 Å². The second-order valence-corrected chi connectivity index (χ2v) is 5.11. The average Bonchev–Trinajstić information content (AvgIpc) is 2.80. The van der Waals surface area contributed by atoms with Crippen LogP contribution in [0.25, 0.3) is 11.0 Å². The Balaban J connectivity index is 2.26. The van der Waals surface area contributed by atoms with Gasteiger partial charge in [0.05, 0.1) is 10.6 Å². The molecule has 2 aromatic rings. The van der Waals surface area contributed by atoms with Gasteiger partial charge >= 0.3 is 0 Å². The van der Waals surface area contributed by atoms with E-state index in [0.717, 1.165) is 5.39 Å². The summed E-state index contributed by atoms with van der Waals surface area (Å²) in [6.07, 6.45) is 2.00. The molecule has 2 N–H and O–H groups in total. The van der Waals surface area contributed by atoms with E-state index in [4.69, 9.17) is 22.4 Å². The molecule has 1 atom stereocenters. The molecule has 0 saturated carbocycles. The van der Waals surface area contributed by atoms with E-state index in [9.17, 15) is 4.79 Å². The number of benzene rings is 1. The van der Waals surface area contributed by atoms with Gasteiger partial charge in [-0.15, -0.1) is 0 Å². The monoisotopic (exact) mass is 276 g/mol. The molecule has 1 aromatic heterocycles. The molecule has 4 nitrogen and oxygen atoms in total. The van der Waals surface area contributed by atoms with E-state index in [-0.39, 0.29) is 11.9 Å². The van der Waals surface area contributed by atoms with Crippen LogP contribution in [0.4, 0.5) is 0 Å². The third-order valence-electron chi connectivity index (χ3n) is 3.19. The minimum absolute atomic E-state index is 0.0429. The number of para-hydroxylation sites is 1. The van der Waals surface area contributed by atoms with Crippen molar-refractivity contribution in [1.29, 1.82) is 0 Å². The van der Waals surface area contributed by atoms with Gasteiger partial charge in [-0.05, 0) is 13.0 Å². The summed E-state index contributed by atoms with van der Waals surface area (Å²) in [4.78, 5) is 14.5. The maximum atomic E-state index is 12.4. The molecule has 100 valence electrons. The number of fused-ring (bicyclic) bond motifs is 1. The molecule has 0 saturated heterocycles. The number of thiocarbonyl (C=S) groups is 1. The van der Waals surface area contributed by atoms with Crippen molar-refractivity contribution in [2.75, 3.05) is 7.05 Å². The van der Waals surface area contributed by atoms with Gasteiger partial charge in [0.1, 0.15) is 11.8 Å². The highest BCUT2D eigenvalue weighted by molar-refractivity contribution is 7.80. The minimum atomic E-state index is -0.0892. The maximum Gasteiger partial charge on any atom is 0.257 e. The molecule has 0 aliphatic rings. The molecule has 0 aliphatic carbocycles. The van der Waals surface area contributed by atoms with Crippen molar-refractivity contribution in [3.05, 3.63) is 36.1 Å². The lowest BCUT2D eigenvalue weighted by atomic mass is 10.1. The van der Waals surface area contributed by atoms with Crippen molar-refractivity contribution in [1.82, 2.24) is 4.90 Å². The number of amides is 1. The fraction of sp³-hybridized carbons (Fsp3) is 0.286. The summed E-state index contributed by atoms with van der Waals surface area (Å²) in [6, 6.07) is 7.42. The zero-order valence-corrected chi connectivity index (χ0v) is 11.7. The quantitative estimate of drug-likeness (QED) is 0.872. The van der Waals surface area contributed by atoms with Gasteiger partial charge in [0.2, 0.25) is 0 Å². The van der Waals surface area contributed by atoms with E-state index in [2.05, 4.69) is 0 Å². The van der Waals surface area contributed by atoms with Gasteiger partial charge in [-0.25, -0.2) is 0 Å². The fourth-order valence-corrected chi connectivity index (χ4v) is 2.20. The Kier molecular flexibility index (Phi) is 3.85. The molecule has 1 unspecified atom stereocenters. The van der Waals surface area contributed by atoms with E-state index in [0.29, 0.717) is 22.6 Å². The Bertz CT molecular complexity index is 621. The summed E-state index contributed by atoms with van der Waals surface area (Å²) in [5.74, 6) is -0.0892. The maximum absolute atomic E-state index is 12.4. The number of hydrogen-bond donors (Lipinski definition) is 1. The highest BCUT2D eigenvalue weighted by Crippen LogP contribution is 2.22. The molecule has 0 spiro atoms. The van der Waals surface area contributed by atoms with E-state index >= 15 is 0 Å². The van der Waals surface area contributed by atoms with Gasteiger partial charge in [-0.2, -0.15) is 0 Å². The van der Waals surface area contributed by atoms with Crippen LogP contribution in [0.15, 0.2) is 34.9 Å². The van der Waals surface area contributed by atoms with E-state index < -0.39 is 0 Å². The second kappa shape index (κ2) is 5.40. The molecule has 2 rings (SSSR count). The summed E-state index contributed by atoms with van der Waals surface area (Å²) in [5, 5.41) is 0.821. The SMILES string of the molecule is CC(CC(N)=S)N(C)C(=O)c1coc2ccccc12. The van der Waals surface area contributed by atoms with Crippen molar-refractivity contribution in [3.63, 3.8) is 0 Å². The molecular weight excluding hydrogens is 260 g/mol. The molecule has 0 radical (unpaired) electrons. The van der Waals surface area contributed by atoms with Crippen LogP contribution in [0.1, 0.15) is 23.7 Å². The standard InChI is InChI=1S/C14H16N2O2S/c1-9(7-13(15)19)16(2)14(17)11-8-18-12-6-4-3-5-10(11)12/h3-6,8-9H,7H2,1-2H3,(H2,15,19). The van der Waals surface area contributed by atoms with E-state index in [1.54, 1.807) is 11.9 Å². The van der Waals surface area contributed by atoms with Crippen LogP contribution in [-0.2, 0) is 0 Å². The lowest BCUT2D eigenvalue weighted by Crippen LogP contribution is -2.37. The van der Waals surface area contributed by atoms with Crippen LogP contribution in [0.3, 0.4) is 0 Å². The first-order valence-electron chi connectivity index (χ1n) is 6.02. The number of rotatable bonds is 4. The number of nitrogens with zero attached hydrogens (tertiary/aromatic N) is 1. The van der Waals surface area contributed by atoms with Crippen molar-refractivity contribution in [2.24, 2.45) is 5.73 Å². The van der Waals surface area contributed by atoms with Gasteiger partial charge in [-0.1, -0.05) is 30.4 Å². The van der Waals surface area contributed by atoms with Crippen LogP contribution < -0.4 is 5.73 Å².